The first kappa shape index (κ1) is 20.8. The molecule has 0 radical (unpaired) electrons. The summed E-state index contributed by atoms with van der Waals surface area (Å²) < 4.78 is 11.8. The molecule has 0 atom stereocenters. The molecule has 1 N–H and O–H groups in total. The van der Waals surface area contributed by atoms with E-state index in [0.29, 0.717) is 17.4 Å². The van der Waals surface area contributed by atoms with Gasteiger partial charge in [-0.15, -0.1) is 0 Å². The van der Waals surface area contributed by atoms with Crippen LogP contribution in [0.4, 0.5) is 5.95 Å². The van der Waals surface area contributed by atoms with Gasteiger partial charge in [-0.25, -0.2) is 9.78 Å². The first-order valence-electron chi connectivity index (χ1n) is 9.74. The van der Waals surface area contributed by atoms with Crippen molar-refractivity contribution in [2.24, 2.45) is 0 Å². The molecule has 8 heteroatoms. The van der Waals surface area contributed by atoms with Crippen LogP contribution in [0.5, 0.6) is 5.75 Å². The topological polar surface area (TPSA) is 95.3 Å². The van der Waals surface area contributed by atoms with E-state index >= 15 is 0 Å². The van der Waals surface area contributed by atoms with Crippen LogP contribution in [-0.4, -0.2) is 40.6 Å². The fourth-order valence-corrected chi connectivity index (χ4v) is 3.11. The molecule has 8 nitrogen and oxygen atoms in total. The number of methoxy groups -OCH3 is 2. The summed E-state index contributed by atoms with van der Waals surface area (Å²) in [6.07, 6.45) is 3.14. The van der Waals surface area contributed by atoms with Crippen molar-refractivity contribution in [3.05, 3.63) is 90.4 Å². The number of hydrogen-bond acceptors (Lipinski definition) is 6. The van der Waals surface area contributed by atoms with E-state index < -0.39 is 11.9 Å². The molecular formula is C24H20N4O4. The highest BCUT2D eigenvalue weighted by Gasteiger charge is 2.17. The van der Waals surface area contributed by atoms with Crippen LogP contribution in [0.2, 0.25) is 0 Å². The number of rotatable bonds is 6. The number of hydrogen-bond donors (Lipinski definition) is 1. The number of esters is 1. The van der Waals surface area contributed by atoms with Crippen molar-refractivity contribution in [1.82, 2.24) is 14.5 Å². The van der Waals surface area contributed by atoms with E-state index in [2.05, 4.69) is 20.0 Å². The third-order valence-electron chi connectivity index (χ3n) is 4.75. The molecule has 1 amide bonds. The lowest BCUT2D eigenvalue weighted by Crippen LogP contribution is -2.17. The molecule has 2 aromatic carbocycles. The molecule has 4 rings (SSSR count). The molecule has 0 unspecified atom stereocenters. The van der Waals surface area contributed by atoms with Crippen LogP contribution in [0.15, 0.2) is 79.1 Å². The maximum Gasteiger partial charge on any atom is 0.339 e. The van der Waals surface area contributed by atoms with E-state index in [1.165, 1.54) is 25.4 Å². The number of imidazole rings is 1. The highest BCUT2D eigenvalue weighted by atomic mass is 16.5. The van der Waals surface area contributed by atoms with E-state index in [1.807, 2.05) is 60.8 Å². The number of carbonyl (C=O) groups excluding carboxylic acids is 2. The molecule has 0 bridgehead atoms. The molecule has 0 aliphatic rings. The van der Waals surface area contributed by atoms with Crippen LogP contribution in [0.1, 0.15) is 20.8 Å². The Morgan fingerprint density at radius 2 is 1.78 bits per heavy atom. The highest BCUT2D eigenvalue weighted by Crippen LogP contribution is 2.27. The van der Waals surface area contributed by atoms with Gasteiger partial charge < -0.3 is 9.47 Å². The van der Waals surface area contributed by atoms with Crippen LogP contribution in [0, 0.1) is 0 Å². The lowest BCUT2D eigenvalue weighted by atomic mass is 10.1. The van der Waals surface area contributed by atoms with Gasteiger partial charge in [0.25, 0.3) is 5.91 Å². The molecule has 4 aromatic rings. The smallest absolute Gasteiger partial charge is 0.339 e. The van der Waals surface area contributed by atoms with Gasteiger partial charge in [-0.1, -0.05) is 30.3 Å². The van der Waals surface area contributed by atoms with Crippen molar-refractivity contribution in [1.29, 1.82) is 0 Å². The monoisotopic (exact) mass is 428 g/mol. The number of carbonyl (C=O) groups is 2. The normalized spacial score (nSPS) is 10.4. The minimum absolute atomic E-state index is 0.142. The molecule has 0 aliphatic heterocycles. The number of nitrogens with one attached hydrogen (secondary N) is 1. The molecule has 32 heavy (non-hydrogen) atoms. The van der Waals surface area contributed by atoms with Crippen LogP contribution in [-0.2, 0) is 4.74 Å². The number of nitrogens with zero attached hydrogens (tertiary/aromatic N) is 3. The van der Waals surface area contributed by atoms with Gasteiger partial charge in [0, 0.05) is 23.6 Å². The second-order valence-corrected chi connectivity index (χ2v) is 6.77. The van der Waals surface area contributed by atoms with Crippen LogP contribution < -0.4 is 10.1 Å². The van der Waals surface area contributed by atoms with Crippen LogP contribution >= 0.6 is 0 Å². The second kappa shape index (κ2) is 9.13. The summed E-state index contributed by atoms with van der Waals surface area (Å²) in [6.45, 7) is 0. The predicted molar refractivity (Wildman–Crippen MR) is 119 cm³/mol. The minimum atomic E-state index is -0.521. The maximum atomic E-state index is 12.8. The number of aromatic nitrogens is 3. The molecule has 0 aliphatic carbocycles. The zero-order valence-corrected chi connectivity index (χ0v) is 17.5. The maximum absolute atomic E-state index is 12.8. The SMILES string of the molecule is COC(=O)c1ccc(C(=O)Nc2nc(-c3cccc(OC)c3)cn2-c2ccccc2)nc1. The van der Waals surface area contributed by atoms with Crippen molar-refractivity contribution >= 4 is 17.8 Å². The summed E-state index contributed by atoms with van der Waals surface area (Å²) in [5.41, 5.74) is 2.74. The van der Waals surface area contributed by atoms with Crippen molar-refractivity contribution in [3.63, 3.8) is 0 Å². The Kier molecular flexibility index (Phi) is 5.94. The Bertz CT molecular complexity index is 1250. The third kappa shape index (κ3) is 4.34. The zero-order valence-electron chi connectivity index (χ0n) is 17.5. The highest BCUT2D eigenvalue weighted by molar-refractivity contribution is 6.02. The Morgan fingerprint density at radius 1 is 0.969 bits per heavy atom. The van der Waals surface area contributed by atoms with Crippen molar-refractivity contribution in [2.75, 3.05) is 19.5 Å². The Morgan fingerprint density at radius 3 is 2.47 bits per heavy atom. The van der Waals surface area contributed by atoms with Crippen molar-refractivity contribution < 1.29 is 19.1 Å². The third-order valence-corrected chi connectivity index (χ3v) is 4.75. The number of anilines is 1. The van der Waals surface area contributed by atoms with Gasteiger partial charge in [-0.05, 0) is 36.4 Å². The van der Waals surface area contributed by atoms with E-state index in [1.54, 1.807) is 11.7 Å². The van der Waals surface area contributed by atoms with Gasteiger partial charge in [-0.3, -0.25) is 19.7 Å². The van der Waals surface area contributed by atoms with Crippen molar-refractivity contribution in [3.8, 4) is 22.7 Å². The standard InChI is InChI=1S/C24H20N4O4/c1-31-19-10-6-7-16(13-19)21-15-28(18-8-4-3-5-9-18)24(26-21)27-22(29)20-12-11-17(14-25-20)23(30)32-2/h3-15H,1-2H3,(H,26,27,29). The number of benzene rings is 2. The molecule has 2 aromatic heterocycles. The number of pyridine rings is 1. The Balaban J connectivity index is 1.68. The van der Waals surface area contributed by atoms with Gasteiger partial charge in [0.2, 0.25) is 5.95 Å². The molecule has 0 saturated carbocycles. The molecule has 160 valence electrons. The lowest BCUT2D eigenvalue weighted by molar-refractivity contribution is 0.0600. The van der Waals surface area contributed by atoms with Gasteiger partial charge in [0.05, 0.1) is 25.5 Å². The lowest BCUT2D eigenvalue weighted by Gasteiger charge is -2.08. The fourth-order valence-electron chi connectivity index (χ4n) is 3.11. The Hall–Kier alpha value is -4.46. The van der Waals surface area contributed by atoms with Crippen LogP contribution in [0.3, 0.4) is 0 Å². The summed E-state index contributed by atoms with van der Waals surface area (Å²) in [4.78, 5) is 33.1. The van der Waals surface area contributed by atoms with E-state index in [0.717, 1.165) is 11.3 Å². The summed E-state index contributed by atoms with van der Waals surface area (Å²) in [5.74, 6) is 0.0588. The average molecular weight is 428 g/mol. The zero-order chi connectivity index (χ0) is 22.5. The fraction of sp³-hybridized carbons (Fsp3) is 0.0833. The average Bonchev–Trinajstić information content (AvgIpc) is 3.28. The first-order chi connectivity index (χ1) is 15.6. The molecule has 0 saturated heterocycles. The molecule has 0 fully saturated rings. The van der Waals surface area contributed by atoms with Gasteiger partial charge >= 0.3 is 5.97 Å². The van der Waals surface area contributed by atoms with Crippen molar-refractivity contribution in [2.45, 2.75) is 0 Å². The number of amides is 1. The second-order valence-electron chi connectivity index (χ2n) is 6.77. The molecule has 0 spiro atoms. The van der Waals surface area contributed by atoms with Crippen LogP contribution in [0.25, 0.3) is 16.9 Å². The van der Waals surface area contributed by atoms with E-state index in [4.69, 9.17) is 4.74 Å². The quantitative estimate of drug-likeness (QED) is 0.467. The van der Waals surface area contributed by atoms with Gasteiger partial charge in [0.15, 0.2) is 0 Å². The minimum Gasteiger partial charge on any atom is -0.497 e. The van der Waals surface area contributed by atoms with E-state index in [-0.39, 0.29) is 11.3 Å². The number of ether oxygens (including phenoxy) is 2. The largest absolute Gasteiger partial charge is 0.497 e. The Labute approximate surface area is 184 Å². The summed E-state index contributed by atoms with van der Waals surface area (Å²) in [5, 5.41) is 2.81. The van der Waals surface area contributed by atoms with E-state index in [9.17, 15) is 9.59 Å². The predicted octanol–water partition coefficient (Wildman–Crippen LogP) is 3.98. The summed E-state index contributed by atoms with van der Waals surface area (Å²) in [7, 11) is 2.89. The number of para-hydroxylation sites is 1. The molecule has 2 heterocycles. The van der Waals surface area contributed by atoms with Gasteiger partial charge in [-0.2, -0.15) is 0 Å². The summed E-state index contributed by atoms with van der Waals surface area (Å²) >= 11 is 0. The summed E-state index contributed by atoms with van der Waals surface area (Å²) in [6, 6.07) is 20.0. The van der Waals surface area contributed by atoms with Gasteiger partial charge in [0.1, 0.15) is 11.4 Å². The first-order valence-corrected chi connectivity index (χ1v) is 9.74. The molecular weight excluding hydrogens is 408 g/mol.